The van der Waals surface area contributed by atoms with Gasteiger partial charge in [-0.3, -0.25) is 24.1 Å². The molecule has 2 fully saturated rings. The van der Waals surface area contributed by atoms with Gasteiger partial charge in [-0.25, -0.2) is 0 Å². The zero-order chi connectivity index (χ0) is 22.1. The van der Waals surface area contributed by atoms with Crippen LogP contribution in [-0.2, 0) is 25.7 Å². The lowest BCUT2D eigenvalue weighted by atomic mass is 10.1. The molecule has 31 heavy (non-hydrogen) atoms. The third-order valence-electron chi connectivity index (χ3n) is 5.67. The van der Waals surface area contributed by atoms with Gasteiger partial charge in [0.05, 0.1) is 12.5 Å². The largest absolute Gasteiger partial charge is 0.326 e. The van der Waals surface area contributed by atoms with Crippen LogP contribution in [0.1, 0.15) is 30.4 Å². The van der Waals surface area contributed by atoms with Crippen molar-refractivity contribution in [1.82, 2.24) is 4.90 Å². The average molecular weight is 484 g/mol. The van der Waals surface area contributed by atoms with Crippen molar-refractivity contribution < 1.29 is 19.2 Å². The molecule has 2 aromatic rings. The number of nitrogens with one attached hydrogen (secondary N) is 1. The normalized spacial score (nSPS) is 18.8. The first-order chi connectivity index (χ1) is 14.8. The van der Waals surface area contributed by atoms with Crippen LogP contribution in [-0.4, -0.2) is 35.1 Å². The molecule has 0 aliphatic carbocycles. The standard InChI is InChI=1S/C23H22BrN3O4/c1-14-10-18(6-7-19(14)24)26-13-16(11-22(26)30)23(31)25-17-4-2-15(3-5-17)12-27-20(28)8-9-21(27)29/h2-7,10,16H,8-9,11-13H2,1H3,(H,25,31). The molecule has 0 aromatic heterocycles. The first-order valence-electron chi connectivity index (χ1n) is 10.1. The van der Waals surface area contributed by atoms with Crippen molar-refractivity contribution in [3.63, 3.8) is 0 Å². The Kier molecular flexibility index (Phi) is 5.91. The van der Waals surface area contributed by atoms with Gasteiger partial charge in [-0.05, 0) is 48.4 Å². The maximum atomic E-state index is 12.7. The van der Waals surface area contributed by atoms with Crippen molar-refractivity contribution in [3.8, 4) is 0 Å². The first-order valence-corrected chi connectivity index (χ1v) is 10.9. The van der Waals surface area contributed by atoms with E-state index in [9.17, 15) is 19.2 Å². The van der Waals surface area contributed by atoms with Gasteiger partial charge in [-0.1, -0.05) is 28.1 Å². The van der Waals surface area contributed by atoms with Crippen molar-refractivity contribution >= 4 is 50.9 Å². The zero-order valence-electron chi connectivity index (χ0n) is 17.1. The molecular formula is C23H22BrN3O4. The van der Waals surface area contributed by atoms with Crippen molar-refractivity contribution in [2.75, 3.05) is 16.8 Å². The smallest absolute Gasteiger partial charge is 0.229 e. The first kappa shape index (κ1) is 21.2. The monoisotopic (exact) mass is 483 g/mol. The molecule has 1 atom stereocenters. The molecule has 8 heteroatoms. The Bertz CT molecular complexity index is 1050. The molecule has 0 saturated carbocycles. The summed E-state index contributed by atoms with van der Waals surface area (Å²) in [5.41, 5.74) is 3.24. The van der Waals surface area contributed by atoms with Crippen LogP contribution in [0.15, 0.2) is 46.9 Å². The molecule has 4 amide bonds. The van der Waals surface area contributed by atoms with Gasteiger partial charge in [-0.15, -0.1) is 0 Å². The molecule has 4 rings (SSSR count). The van der Waals surface area contributed by atoms with E-state index in [-0.39, 0.29) is 49.4 Å². The third kappa shape index (κ3) is 4.54. The number of amides is 4. The van der Waals surface area contributed by atoms with Crippen molar-refractivity contribution in [1.29, 1.82) is 0 Å². The fourth-order valence-electron chi connectivity index (χ4n) is 3.85. The Labute approximate surface area is 188 Å². The van der Waals surface area contributed by atoms with Gasteiger partial charge in [0.2, 0.25) is 23.6 Å². The molecule has 2 aliphatic rings. The van der Waals surface area contributed by atoms with Gasteiger partial charge in [0.1, 0.15) is 0 Å². The molecule has 1 N–H and O–H groups in total. The summed E-state index contributed by atoms with van der Waals surface area (Å²) in [6.07, 6.45) is 0.700. The maximum absolute atomic E-state index is 12.7. The summed E-state index contributed by atoms with van der Waals surface area (Å²) in [7, 11) is 0. The summed E-state index contributed by atoms with van der Waals surface area (Å²) in [5.74, 6) is -1.02. The van der Waals surface area contributed by atoms with Crippen LogP contribution >= 0.6 is 15.9 Å². The summed E-state index contributed by atoms with van der Waals surface area (Å²) in [6, 6.07) is 12.7. The van der Waals surface area contributed by atoms with Gasteiger partial charge >= 0.3 is 0 Å². The molecule has 1 unspecified atom stereocenters. The summed E-state index contributed by atoms with van der Waals surface area (Å²) in [4.78, 5) is 51.6. The minimum Gasteiger partial charge on any atom is -0.326 e. The number of carbonyl (C=O) groups is 4. The number of nitrogens with zero attached hydrogens (tertiary/aromatic N) is 2. The second-order valence-corrected chi connectivity index (χ2v) is 8.75. The number of likely N-dealkylation sites (tertiary alicyclic amines) is 1. The number of rotatable bonds is 5. The highest BCUT2D eigenvalue weighted by molar-refractivity contribution is 9.10. The van der Waals surface area contributed by atoms with Gasteiger partial charge in [0, 0.05) is 41.7 Å². The van der Waals surface area contributed by atoms with Crippen molar-refractivity contribution in [2.45, 2.75) is 32.7 Å². The molecule has 2 aliphatic heterocycles. The second-order valence-electron chi connectivity index (χ2n) is 7.90. The van der Waals surface area contributed by atoms with Crippen molar-refractivity contribution in [2.24, 2.45) is 5.92 Å². The SMILES string of the molecule is Cc1cc(N2CC(C(=O)Nc3ccc(CN4C(=O)CCC4=O)cc3)CC2=O)ccc1Br. The highest BCUT2D eigenvalue weighted by atomic mass is 79.9. The van der Waals surface area contributed by atoms with E-state index in [1.165, 1.54) is 4.90 Å². The van der Waals surface area contributed by atoms with E-state index in [1.54, 1.807) is 29.2 Å². The van der Waals surface area contributed by atoms with Gasteiger partial charge in [0.15, 0.2) is 0 Å². The number of halogens is 1. The quantitative estimate of drug-likeness (QED) is 0.660. The van der Waals surface area contributed by atoms with Crippen molar-refractivity contribution in [3.05, 3.63) is 58.1 Å². The lowest BCUT2D eigenvalue weighted by molar-refractivity contribution is -0.139. The van der Waals surface area contributed by atoms with Crippen LogP contribution in [0.2, 0.25) is 0 Å². The number of anilines is 2. The highest BCUT2D eigenvalue weighted by Crippen LogP contribution is 2.29. The van der Waals surface area contributed by atoms with Crippen LogP contribution in [0, 0.1) is 12.8 Å². The van der Waals surface area contributed by atoms with E-state index in [0.717, 1.165) is 21.3 Å². The Hall–Kier alpha value is -3.00. The van der Waals surface area contributed by atoms with E-state index < -0.39 is 5.92 Å². The van der Waals surface area contributed by atoms with E-state index in [2.05, 4.69) is 21.2 Å². The number of benzene rings is 2. The fraction of sp³-hybridized carbons (Fsp3) is 0.304. The van der Waals surface area contributed by atoms with E-state index >= 15 is 0 Å². The summed E-state index contributed by atoms with van der Waals surface area (Å²) < 4.78 is 0.971. The highest BCUT2D eigenvalue weighted by Gasteiger charge is 2.35. The Morgan fingerprint density at radius 3 is 2.35 bits per heavy atom. The van der Waals surface area contributed by atoms with Crippen LogP contribution in [0.3, 0.4) is 0 Å². The van der Waals surface area contributed by atoms with Gasteiger partial charge in [0.25, 0.3) is 0 Å². The Morgan fingerprint density at radius 2 is 1.71 bits per heavy atom. The molecule has 2 aromatic carbocycles. The van der Waals surface area contributed by atoms with Crippen LogP contribution < -0.4 is 10.2 Å². The van der Waals surface area contributed by atoms with E-state index in [0.29, 0.717) is 12.2 Å². The van der Waals surface area contributed by atoms with E-state index in [4.69, 9.17) is 0 Å². The molecule has 0 radical (unpaired) electrons. The summed E-state index contributed by atoms with van der Waals surface area (Å²) >= 11 is 3.46. The van der Waals surface area contributed by atoms with Crippen LogP contribution in [0.5, 0.6) is 0 Å². The number of aryl methyl sites for hydroxylation is 1. The maximum Gasteiger partial charge on any atom is 0.229 e. The predicted molar refractivity (Wildman–Crippen MR) is 119 cm³/mol. The minimum atomic E-state index is -0.434. The number of imide groups is 1. The molecule has 2 saturated heterocycles. The molecule has 7 nitrogen and oxygen atoms in total. The molecule has 0 spiro atoms. The van der Waals surface area contributed by atoms with E-state index in [1.807, 2.05) is 25.1 Å². The zero-order valence-corrected chi connectivity index (χ0v) is 18.6. The van der Waals surface area contributed by atoms with Gasteiger partial charge < -0.3 is 10.2 Å². The Morgan fingerprint density at radius 1 is 1.03 bits per heavy atom. The lowest BCUT2D eigenvalue weighted by Gasteiger charge is -2.18. The molecule has 160 valence electrons. The Balaban J connectivity index is 1.37. The second kappa shape index (κ2) is 8.63. The lowest BCUT2D eigenvalue weighted by Crippen LogP contribution is -2.28. The number of hydrogen-bond acceptors (Lipinski definition) is 4. The predicted octanol–water partition coefficient (Wildman–Crippen LogP) is 3.40. The summed E-state index contributed by atoms with van der Waals surface area (Å²) in [6.45, 7) is 2.53. The third-order valence-corrected chi connectivity index (χ3v) is 6.56. The molecule has 0 bridgehead atoms. The topological polar surface area (TPSA) is 86.8 Å². The average Bonchev–Trinajstić information content (AvgIpc) is 3.29. The number of carbonyl (C=O) groups excluding carboxylic acids is 4. The van der Waals surface area contributed by atoms with Gasteiger partial charge in [-0.2, -0.15) is 0 Å². The molecular weight excluding hydrogens is 462 g/mol. The van der Waals surface area contributed by atoms with Crippen LogP contribution in [0.4, 0.5) is 11.4 Å². The molecule has 2 heterocycles. The minimum absolute atomic E-state index is 0.0721. The summed E-state index contributed by atoms with van der Waals surface area (Å²) in [5, 5.41) is 2.86. The number of hydrogen-bond donors (Lipinski definition) is 1. The van der Waals surface area contributed by atoms with Crippen LogP contribution in [0.25, 0.3) is 0 Å². The fourth-order valence-corrected chi connectivity index (χ4v) is 4.10.